The fourth-order valence-electron chi connectivity index (χ4n) is 2.04. The van der Waals surface area contributed by atoms with Crippen LogP contribution in [0.2, 0.25) is 12.1 Å². The highest BCUT2D eigenvalue weighted by atomic mass is 28.3. The second kappa shape index (κ2) is 6.08. The van der Waals surface area contributed by atoms with E-state index in [9.17, 15) is 0 Å². The molecular weight excluding hydrogens is 200 g/mol. The van der Waals surface area contributed by atoms with Crippen LogP contribution in [0.5, 0.6) is 0 Å². The fourth-order valence-corrected chi connectivity index (χ4v) is 4.23. The van der Waals surface area contributed by atoms with Crippen molar-refractivity contribution in [3.05, 3.63) is 35.9 Å². The van der Waals surface area contributed by atoms with Gasteiger partial charge in [0.25, 0.3) is 0 Å². The van der Waals surface area contributed by atoms with Crippen molar-refractivity contribution >= 4 is 9.04 Å². The van der Waals surface area contributed by atoms with Gasteiger partial charge in [0, 0.05) is 6.61 Å². The number of aryl methyl sites for hydroxylation is 1. The van der Waals surface area contributed by atoms with Crippen LogP contribution >= 0.6 is 0 Å². The summed E-state index contributed by atoms with van der Waals surface area (Å²) in [7, 11) is -0.418. The summed E-state index contributed by atoms with van der Waals surface area (Å²) in [5.41, 5.74) is 1.47. The molecule has 0 bridgehead atoms. The maximum Gasteiger partial charge on any atom is 0.211 e. The minimum atomic E-state index is -0.418. The summed E-state index contributed by atoms with van der Waals surface area (Å²) in [6, 6.07) is 13.5. The third-order valence-electron chi connectivity index (χ3n) is 2.92. The van der Waals surface area contributed by atoms with Crippen molar-refractivity contribution in [1.82, 2.24) is 0 Å². The highest BCUT2D eigenvalue weighted by Gasteiger charge is 2.16. The van der Waals surface area contributed by atoms with Crippen molar-refractivity contribution in [3.8, 4) is 0 Å². The molecule has 0 aromatic heterocycles. The van der Waals surface area contributed by atoms with Crippen molar-refractivity contribution < 1.29 is 4.43 Å². The Morgan fingerprint density at radius 1 is 1.13 bits per heavy atom. The van der Waals surface area contributed by atoms with Gasteiger partial charge in [-0.25, -0.2) is 0 Å². The van der Waals surface area contributed by atoms with Crippen LogP contribution in [0.15, 0.2) is 30.3 Å². The lowest BCUT2D eigenvalue weighted by atomic mass is 10.1. The zero-order chi connectivity index (χ0) is 10.3. The van der Waals surface area contributed by atoms with Crippen LogP contribution < -0.4 is 0 Å². The van der Waals surface area contributed by atoms with Crippen LogP contribution in [0.1, 0.15) is 24.8 Å². The molecule has 1 aromatic carbocycles. The first-order valence-corrected chi connectivity index (χ1v) is 7.79. The third-order valence-corrected chi connectivity index (χ3v) is 5.35. The Labute approximate surface area is 94.2 Å². The molecule has 1 nitrogen and oxygen atoms in total. The number of benzene rings is 1. The molecule has 1 aliphatic heterocycles. The molecule has 0 saturated carbocycles. The molecule has 2 heteroatoms. The summed E-state index contributed by atoms with van der Waals surface area (Å²) in [6.07, 6.45) is 5.21. The third kappa shape index (κ3) is 3.80. The molecule has 81 valence electrons. The van der Waals surface area contributed by atoms with Gasteiger partial charge in [0.1, 0.15) is 0 Å². The molecule has 1 radical (unpaired) electrons. The quantitative estimate of drug-likeness (QED) is 0.705. The predicted octanol–water partition coefficient (Wildman–Crippen LogP) is 3.42. The Kier molecular flexibility index (Phi) is 4.42. The second-order valence-corrected chi connectivity index (χ2v) is 6.55. The number of rotatable bonds is 4. The van der Waals surface area contributed by atoms with E-state index in [-0.39, 0.29) is 0 Å². The minimum Gasteiger partial charge on any atom is -0.417 e. The average molecular weight is 219 g/mol. The summed E-state index contributed by atoms with van der Waals surface area (Å²) >= 11 is 0. The Hall–Kier alpha value is -0.603. The van der Waals surface area contributed by atoms with E-state index in [1.807, 2.05) is 0 Å². The molecule has 0 aliphatic carbocycles. The van der Waals surface area contributed by atoms with E-state index >= 15 is 0 Å². The molecule has 1 heterocycles. The molecule has 1 aliphatic rings. The van der Waals surface area contributed by atoms with E-state index < -0.39 is 9.04 Å². The lowest BCUT2D eigenvalue weighted by Gasteiger charge is -2.19. The fraction of sp³-hybridized carbons (Fsp3) is 0.538. The summed E-state index contributed by atoms with van der Waals surface area (Å²) < 4.78 is 5.82. The van der Waals surface area contributed by atoms with Crippen LogP contribution in [0.4, 0.5) is 0 Å². The standard InChI is InChI=1S/C13H19OSi/c1-2-7-13(8-3-1)9-6-12-15-11-5-4-10-14-15/h1-3,7-8H,4-6,9-12H2. The molecule has 0 spiro atoms. The maximum absolute atomic E-state index is 5.82. The Morgan fingerprint density at radius 2 is 2.00 bits per heavy atom. The minimum absolute atomic E-state index is 0.418. The van der Waals surface area contributed by atoms with Gasteiger partial charge in [0.2, 0.25) is 9.04 Å². The first-order chi connectivity index (χ1) is 7.45. The number of hydrogen-bond acceptors (Lipinski definition) is 1. The molecule has 1 fully saturated rings. The predicted molar refractivity (Wildman–Crippen MR) is 65.3 cm³/mol. The van der Waals surface area contributed by atoms with Crippen LogP contribution in [0, 0.1) is 0 Å². The van der Waals surface area contributed by atoms with Crippen LogP contribution in [0.25, 0.3) is 0 Å². The molecule has 15 heavy (non-hydrogen) atoms. The molecule has 1 saturated heterocycles. The smallest absolute Gasteiger partial charge is 0.211 e. The molecule has 2 rings (SSSR count). The summed E-state index contributed by atoms with van der Waals surface area (Å²) in [5, 5.41) is 0. The van der Waals surface area contributed by atoms with Gasteiger partial charge in [-0.15, -0.1) is 0 Å². The van der Waals surface area contributed by atoms with Gasteiger partial charge in [0.15, 0.2) is 0 Å². The lowest BCUT2D eigenvalue weighted by molar-refractivity contribution is 0.286. The van der Waals surface area contributed by atoms with Gasteiger partial charge in [-0.05, 0) is 36.9 Å². The van der Waals surface area contributed by atoms with Gasteiger partial charge >= 0.3 is 0 Å². The zero-order valence-electron chi connectivity index (χ0n) is 9.24. The van der Waals surface area contributed by atoms with Gasteiger partial charge in [-0.2, -0.15) is 0 Å². The van der Waals surface area contributed by atoms with Crippen LogP contribution in [-0.2, 0) is 10.8 Å². The number of hydrogen-bond donors (Lipinski definition) is 0. The average Bonchev–Trinajstić information content (AvgIpc) is 2.32. The molecule has 0 atom stereocenters. The summed E-state index contributed by atoms with van der Waals surface area (Å²) in [5.74, 6) is 0. The monoisotopic (exact) mass is 219 g/mol. The van der Waals surface area contributed by atoms with E-state index in [4.69, 9.17) is 4.43 Å². The van der Waals surface area contributed by atoms with Gasteiger partial charge in [-0.3, -0.25) is 0 Å². The van der Waals surface area contributed by atoms with Crippen LogP contribution in [0.3, 0.4) is 0 Å². The highest BCUT2D eigenvalue weighted by Crippen LogP contribution is 2.16. The molecule has 0 N–H and O–H groups in total. The van der Waals surface area contributed by atoms with E-state index in [1.165, 1.54) is 43.3 Å². The topological polar surface area (TPSA) is 9.23 Å². The SMILES string of the molecule is c1ccc(CCC[Si]2CCCCO2)cc1. The normalized spacial score (nSPS) is 17.9. The van der Waals surface area contributed by atoms with Gasteiger partial charge in [-0.1, -0.05) is 36.8 Å². The molecule has 0 unspecified atom stereocenters. The first-order valence-electron chi connectivity index (χ1n) is 5.96. The van der Waals surface area contributed by atoms with E-state index in [0.29, 0.717) is 0 Å². The Bertz CT molecular complexity index is 267. The highest BCUT2D eigenvalue weighted by molar-refractivity contribution is 6.51. The van der Waals surface area contributed by atoms with Crippen molar-refractivity contribution in [1.29, 1.82) is 0 Å². The Balaban J connectivity index is 1.66. The van der Waals surface area contributed by atoms with E-state index in [1.54, 1.807) is 0 Å². The van der Waals surface area contributed by atoms with Crippen molar-refractivity contribution in [2.45, 2.75) is 37.8 Å². The zero-order valence-corrected chi connectivity index (χ0v) is 10.2. The largest absolute Gasteiger partial charge is 0.417 e. The van der Waals surface area contributed by atoms with Crippen molar-refractivity contribution in [3.63, 3.8) is 0 Å². The summed E-state index contributed by atoms with van der Waals surface area (Å²) in [4.78, 5) is 0. The molecule has 1 aromatic rings. The molecule has 0 amide bonds. The first kappa shape index (κ1) is 10.9. The van der Waals surface area contributed by atoms with Crippen molar-refractivity contribution in [2.24, 2.45) is 0 Å². The molecular formula is C13H19OSi. The van der Waals surface area contributed by atoms with Gasteiger partial charge < -0.3 is 4.43 Å². The Morgan fingerprint density at radius 3 is 2.73 bits per heavy atom. The van der Waals surface area contributed by atoms with Gasteiger partial charge in [0.05, 0.1) is 0 Å². The maximum atomic E-state index is 5.82. The second-order valence-electron chi connectivity index (χ2n) is 4.18. The van der Waals surface area contributed by atoms with Crippen molar-refractivity contribution in [2.75, 3.05) is 6.61 Å². The van der Waals surface area contributed by atoms with E-state index in [2.05, 4.69) is 30.3 Å². The summed E-state index contributed by atoms with van der Waals surface area (Å²) in [6.45, 7) is 1.03. The lowest BCUT2D eigenvalue weighted by Crippen LogP contribution is -2.22. The van der Waals surface area contributed by atoms with Crippen LogP contribution in [-0.4, -0.2) is 15.6 Å². The van der Waals surface area contributed by atoms with E-state index in [0.717, 1.165) is 6.61 Å².